The van der Waals surface area contributed by atoms with Crippen LogP contribution in [0.1, 0.15) is 24.2 Å². The Hall–Kier alpha value is -2.54. The molecule has 0 aliphatic rings. The molecule has 0 radical (unpaired) electrons. The van der Waals surface area contributed by atoms with Gasteiger partial charge in [-0.2, -0.15) is 0 Å². The molecule has 0 unspecified atom stereocenters. The fourth-order valence-corrected chi connectivity index (χ4v) is 2.15. The van der Waals surface area contributed by atoms with Crippen molar-refractivity contribution >= 4 is 5.91 Å². The highest BCUT2D eigenvalue weighted by Gasteiger charge is 2.22. The zero-order valence-electron chi connectivity index (χ0n) is 11.5. The second-order valence-electron chi connectivity index (χ2n) is 4.74. The number of aromatic hydroxyl groups is 1. The molecule has 0 spiro atoms. The smallest absolute Gasteiger partial charge is 0.329 e. The second-order valence-corrected chi connectivity index (χ2v) is 4.74. The normalized spacial score (nSPS) is 12.1. The SMILES string of the molecule is C[C@H](C(=O)NO)n1c(O)c(CCc2ccccc2)[nH]c1=O. The number of carbonyl (C=O) groups is 1. The fraction of sp³-hybridized carbons (Fsp3) is 0.286. The van der Waals surface area contributed by atoms with Crippen molar-refractivity contribution in [3.8, 4) is 5.88 Å². The number of aromatic amines is 1. The van der Waals surface area contributed by atoms with Gasteiger partial charge in [-0.25, -0.2) is 10.3 Å². The largest absolute Gasteiger partial charge is 0.493 e. The first-order valence-electron chi connectivity index (χ1n) is 6.54. The summed E-state index contributed by atoms with van der Waals surface area (Å²) in [6, 6.07) is 8.63. The number of imidazole rings is 1. The van der Waals surface area contributed by atoms with Crippen molar-refractivity contribution in [2.24, 2.45) is 0 Å². The predicted molar refractivity (Wildman–Crippen MR) is 75.2 cm³/mol. The van der Waals surface area contributed by atoms with E-state index in [0.717, 1.165) is 10.1 Å². The van der Waals surface area contributed by atoms with Crippen LogP contribution in [0.15, 0.2) is 35.1 Å². The highest BCUT2D eigenvalue weighted by molar-refractivity contribution is 5.78. The number of H-pyrrole nitrogens is 1. The van der Waals surface area contributed by atoms with Gasteiger partial charge in [0.05, 0.1) is 5.69 Å². The number of benzene rings is 1. The van der Waals surface area contributed by atoms with Crippen LogP contribution in [0.5, 0.6) is 5.88 Å². The van der Waals surface area contributed by atoms with Gasteiger partial charge >= 0.3 is 5.69 Å². The molecule has 112 valence electrons. The van der Waals surface area contributed by atoms with E-state index in [1.165, 1.54) is 12.4 Å². The third-order valence-corrected chi connectivity index (χ3v) is 3.36. The van der Waals surface area contributed by atoms with Gasteiger partial charge < -0.3 is 10.1 Å². The third kappa shape index (κ3) is 3.14. The maximum atomic E-state index is 11.8. The average Bonchev–Trinajstić information content (AvgIpc) is 2.79. The van der Waals surface area contributed by atoms with E-state index >= 15 is 0 Å². The van der Waals surface area contributed by atoms with Gasteiger partial charge in [0.2, 0.25) is 5.88 Å². The summed E-state index contributed by atoms with van der Waals surface area (Å²) < 4.78 is 0.909. The Bertz CT molecular complexity index is 675. The van der Waals surface area contributed by atoms with E-state index in [9.17, 15) is 14.7 Å². The number of amides is 1. The van der Waals surface area contributed by atoms with Crippen LogP contribution >= 0.6 is 0 Å². The molecule has 2 rings (SSSR count). The third-order valence-electron chi connectivity index (χ3n) is 3.36. The Morgan fingerprint density at radius 3 is 2.62 bits per heavy atom. The van der Waals surface area contributed by atoms with Gasteiger partial charge in [-0.3, -0.25) is 14.6 Å². The summed E-state index contributed by atoms with van der Waals surface area (Å²) in [7, 11) is 0. The van der Waals surface area contributed by atoms with Crippen LogP contribution in [-0.2, 0) is 17.6 Å². The monoisotopic (exact) mass is 291 g/mol. The topological polar surface area (TPSA) is 107 Å². The molecule has 1 aromatic heterocycles. The molecule has 21 heavy (non-hydrogen) atoms. The highest BCUT2D eigenvalue weighted by Crippen LogP contribution is 2.19. The van der Waals surface area contributed by atoms with Crippen molar-refractivity contribution in [3.05, 3.63) is 52.1 Å². The van der Waals surface area contributed by atoms with Crippen LogP contribution in [0.4, 0.5) is 0 Å². The number of aryl methyl sites for hydroxylation is 2. The van der Waals surface area contributed by atoms with Crippen molar-refractivity contribution in [1.82, 2.24) is 15.0 Å². The molecule has 7 heteroatoms. The van der Waals surface area contributed by atoms with E-state index < -0.39 is 17.6 Å². The molecule has 0 saturated carbocycles. The minimum atomic E-state index is -1.01. The lowest BCUT2D eigenvalue weighted by Crippen LogP contribution is -2.32. The summed E-state index contributed by atoms with van der Waals surface area (Å²) in [6.45, 7) is 1.40. The molecule has 0 bridgehead atoms. The van der Waals surface area contributed by atoms with Gasteiger partial charge in [0.15, 0.2) is 0 Å². The molecule has 0 saturated heterocycles. The molecule has 0 aliphatic carbocycles. The molecular formula is C14H17N3O4. The summed E-state index contributed by atoms with van der Waals surface area (Å²) >= 11 is 0. The first-order chi connectivity index (χ1) is 10.0. The van der Waals surface area contributed by atoms with Gasteiger partial charge in [-0.1, -0.05) is 30.3 Å². The van der Waals surface area contributed by atoms with Gasteiger partial charge in [0.1, 0.15) is 6.04 Å². The Labute approximate surface area is 120 Å². The summed E-state index contributed by atoms with van der Waals surface area (Å²) in [5.41, 5.74) is 2.31. The molecule has 0 aliphatic heterocycles. The molecule has 4 N–H and O–H groups in total. The van der Waals surface area contributed by atoms with Gasteiger partial charge in [0, 0.05) is 0 Å². The maximum Gasteiger partial charge on any atom is 0.329 e. The number of carbonyl (C=O) groups excluding carboxylic acids is 1. The lowest BCUT2D eigenvalue weighted by atomic mass is 10.1. The van der Waals surface area contributed by atoms with E-state index in [4.69, 9.17) is 5.21 Å². The Kier molecular flexibility index (Phi) is 4.44. The van der Waals surface area contributed by atoms with Crippen molar-refractivity contribution in [1.29, 1.82) is 0 Å². The Morgan fingerprint density at radius 1 is 1.33 bits per heavy atom. The number of nitrogens with zero attached hydrogens (tertiary/aromatic N) is 1. The molecule has 2 aromatic rings. The van der Waals surface area contributed by atoms with E-state index in [-0.39, 0.29) is 5.88 Å². The minimum Gasteiger partial charge on any atom is -0.493 e. The minimum absolute atomic E-state index is 0.285. The van der Waals surface area contributed by atoms with E-state index in [1.807, 2.05) is 30.3 Å². The second kappa shape index (κ2) is 6.27. The average molecular weight is 291 g/mol. The van der Waals surface area contributed by atoms with E-state index in [0.29, 0.717) is 18.5 Å². The van der Waals surface area contributed by atoms with E-state index in [2.05, 4.69) is 4.98 Å². The van der Waals surface area contributed by atoms with Crippen molar-refractivity contribution in [2.45, 2.75) is 25.8 Å². The number of nitrogens with one attached hydrogen (secondary N) is 2. The summed E-state index contributed by atoms with van der Waals surface area (Å²) in [6.07, 6.45) is 1.08. The molecule has 1 heterocycles. The van der Waals surface area contributed by atoms with Crippen molar-refractivity contribution < 1.29 is 15.1 Å². The lowest BCUT2D eigenvalue weighted by Gasteiger charge is -2.10. The molecule has 1 atom stereocenters. The fourth-order valence-electron chi connectivity index (χ4n) is 2.15. The summed E-state index contributed by atoms with van der Waals surface area (Å²) in [4.78, 5) is 25.7. The number of hydrogen-bond donors (Lipinski definition) is 4. The van der Waals surface area contributed by atoms with Crippen LogP contribution in [-0.4, -0.2) is 25.8 Å². The Morgan fingerprint density at radius 2 is 2.00 bits per heavy atom. The molecule has 1 aromatic carbocycles. The van der Waals surface area contributed by atoms with Gasteiger partial charge in [-0.05, 0) is 25.3 Å². The zero-order valence-corrected chi connectivity index (χ0v) is 11.5. The van der Waals surface area contributed by atoms with Gasteiger partial charge in [-0.15, -0.1) is 0 Å². The summed E-state index contributed by atoms with van der Waals surface area (Å²) in [5.74, 6) is -1.06. The number of hydrogen-bond acceptors (Lipinski definition) is 4. The van der Waals surface area contributed by atoms with Gasteiger partial charge in [0.25, 0.3) is 5.91 Å². The molecule has 0 fully saturated rings. The van der Waals surface area contributed by atoms with Crippen molar-refractivity contribution in [2.75, 3.05) is 0 Å². The molecule has 7 nitrogen and oxygen atoms in total. The van der Waals surface area contributed by atoms with Crippen LogP contribution in [0.3, 0.4) is 0 Å². The lowest BCUT2D eigenvalue weighted by molar-refractivity contribution is -0.132. The predicted octanol–water partition coefficient (Wildman–Crippen LogP) is 0.734. The quantitative estimate of drug-likeness (QED) is 0.481. The van der Waals surface area contributed by atoms with Crippen LogP contribution in [0.2, 0.25) is 0 Å². The number of rotatable bonds is 5. The maximum absolute atomic E-state index is 11.8. The molecular weight excluding hydrogens is 274 g/mol. The Balaban J connectivity index is 2.19. The number of hydroxylamine groups is 1. The van der Waals surface area contributed by atoms with E-state index in [1.54, 1.807) is 0 Å². The van der Waals surface area contributed by atoms with Crippen LogP contribution in [0.25, 0.3) is 0 Å². The number of aromatic nitrogens is 2. The first-order valence-corrected chi connectivity index (χ1v) is 6.54. The van der Waals surface area contributed by atoms with Crippen molar-refractivity contribution in [3.63, 3.8) is 0 Å². The highest BCUT2D eigenvalue weighted by atomic mass is 16.5. The zero-order chi connectivity index (χ0) is 15.4. The van der Waals surface area contributed by atoms with Crippen LogP contribution < -0.4 is 11.2 Å². The summed E-state index contributed by atoms with van der Waals surface area (Å²) in [5, 5.41) is 18.7. The first kappa shape index (κ1) is 14.9. The van der Waals surface area contributed by atoms with Crippen LogP contribution in [0, 0.1) is 0 Å². The molecule has 1 amide bonds. The standard InChI is InChI=1S/C14H17N3O4/c1-9(12(18)16-21)17-13(19)11(15-14(17)20)8-7-10-5-3-2-4-6-10/h2-6,9,19,21H,7-8H2,1H3,(H,15,20)(H,16,18)/t9-/m1/s1.